The molecule has 0 saturated heterocycles. The van der Waals surface area contributed by atoms with Crippen molar-refractivity contribution in [2.75, 3.05) is 17.7 Å². The molecule has 1 heterocycles. The van der Waals surface area contributed by atoms with Crippen molar-refractivity contribution in [3.05, 3.63) is 30.5 Å². The fourth-order valence-electron chi connectivity index (χ4n) is 1.77. The Morgan fingerprint density at radius 2 is 2.00 bits per heavy atom. The van der Waals surface area contributed by atoms with Crippen LogP contribution in [0, 0.1) is 0 Å². The summed E-state index contributed by atoms with van der Waals surface area (Å²) in [7, 11) is 2.09. The SMILES string of the molecule is CC(C)N(C)c1ccnc2c(N)cccc12. The Balaban J connectivity index is 2.67. The van der Waals surface area contributed by atoms with Gasteiger partial charge in [0.15, 0.2) is 0 Å². The van der Waals surface area contributed by atoms with Crippen LogP contribution in [0.4, 0.5) is 11.4 Å². The molecular formula is C13H17N3. The lowest BCUT2D eigenvalue weighted by molar-refractivity contribution is 0.757. The molecule has 0 atom stereocenters. The minimum absolute atomic E-state index is 0.451. The normalized spacial score (nSPS) is 11.0. The van der Waals surface area contributed by atoms with Gasteiger partial charge in [0.05, 0.1) is 11.2 Å². The molecule has 0 saturated carbocycles. The van der Waals surface area contributed by atoms with E-state index in [-0.39, 0.29) is 0 Å². The highest BCUT2D eigenvalue weighted by molar-refractivity contribution is 5.97. The zero-order valence-corrected chi connectivity index (χ0v) is 9.94. The van der Waals surface area contributed by atoms with Crippen molar-refractivity contribution < 1.29 is 0 Å². The number of para-hydroxylation sites is 1. The highest BCUT2D eigenvalue weighted by Gasteiger charge is 2.10. The fraction of sp³-hybridized carbons (Fsp3) is 0.308. The summed E-state index contributed by atoms with van der Waals surface area (Å²) in [6.45, 7) is 4.33. The molecule has 0 bridgehead atoms. The van der Waals surface area contributed by atoms with Crippen LogP contribution in [0.1, 0.15) is 13.8 Å². The van der Waals surface area contributed by atoms with E-state index in [2.05, 4.69) is 36.8 Å². The lowest BCUT2D eigenvalue weighted by Crippen LogP contribution is -2.25. The van der Waals surface area contributed by atoms with E-state index in [9.17, 15) is 0 Å². The summed E-state index contributed by atoms with van der Waals surface area (Å²) in [5.41, 5.74) is 8.71. The molecule has 0 aliphatic rings. The standard InChI is InChI=1S/C13H17N3/c1-9(2)16(3)12-7-8-15-13-10(12)5-4-6-11(13)14/h4-9H,14H2,1-3H3. The Bertz CT molecular complexity index is 506. The van der Waals surface area contributed by atoms with Gasteiger partial charge in [-0.3, -0.25) is 4.98 Å². The Kier molecular flexibility index (Phi) is 2.69. The fourth-order valence-corrected chi connectivity index (χ4v) is 1.77. The Morgan fingerprint density at radius 1 is 1.25 bits per heavy atom. The van der Waals surface area contributed by atoms with Crippen LogP contribution in [0.5, 0.6) is 0 Å². The number of aromatic nitrogens is 1. The van der Waals surface area contributed by atoms with Crippen LogP contribution in [-0.2, 0) is 0 Å². The molecule has 0 aliphatic carbocycles. The van der Waals surface area contributed by atoms with Crippen molar-refractivity contribution >= 4 is 22.3 Å². The molecule has 0 fully saturated rings. The van der Waals surface area contributed by atoms with Crippen LogP contribution >= 0.6 is 0 Å². The maximum absolute atomic E-state index is 5.92. The minimum Gasteiger partial charge on any atom is -0.397 e. The van der Waals surface area contributed by atoms with Crippen molar-refractivity contribution in [3.8, 4) is 0 Å². The van der Waals surface area contributed by atoms with Gasteiger partial charge in [0.1, 0.15) is 0 Å². The summed E-state index contributed by atoms with van der Waals surface area (Å²) in [4.78, 5) is 6.56. The van der Waals surface area contributed by atoms with E-state index in [0.717, 1.165) is 16.6 Å². The second-order valence-corrected chi connectivity index (χ2v) is 4.28. The molecule has 0 amide bonds. The summed E-state index contributed by atoms with van der Waals surface area (Å²) in [5.74, 6) is 0. The summed E-state index contributed by atoms with van der Waals surface area (Å²) in [6.07, 6.45) is 1.81. The van der Waals surface area contributed by atoms with Crippen LogP contribution in [0.3, 0.4) is 0 Å². The number of fused-ring (bicyclic) bond motifs is 1. The van der Waals surface area contributed by atoms with Crippen LogP contribution < -0.4 is 10.6 Å². The van der Waals surface area contributed by atoms with Gasteiger partial charge in [0, 0.05) is 30.4 Å². The molecule has 1 aromatic carbocycles. The molecular weight excluding hydrogens is 198 g/mol. The smallest absolute Gasteiger partial charge is 0.0951 e. The molecule has 0 unspecified atom stereocenters. The van der Waals surface area contributed by atoms with Gasteiger partial charge >= 0.3 is 0 Å². The van der Waals surface area contributed by atoms with Crippen LogP contribution in [0.25, 0.3) is 10.9 Å². The molecule has 1 aromatic heterocycles. The van der Waals surface area contributed by atoms with Gasteiger partial charge in [0.25, 0.3) is 0 Å². The zero-order valence-electron chi connectivity index (χ0n) is 9.94. The number of rotatable bonds is 2. The van der Waals surface area contributed by atoms with Gasteiger partial charge in [-0.2, -0.15) is 0 Å². The molecule has 0 aliphatic heterocycles. The summed E-state index contributed by atoms with van der Waals surface area (Å²) in [5, 5.41) is 1.11. The number of benzene rings is 1. The highest BCUT2D eigenvalue weighted by atomic mass is 15.1. The minimum atomic E-state index is 0.451. The van der Waals surface area contributed by atoms with Crippen molar-refractivity contribution in [2.24, 2.45) is 0 Å². The number of nitrogen functional groups attached to an aromatic ring is 1. The molecule has 16 heavy (non-hydrogen) atoms. The third-order valence-corrected chi connectivity index (χ3v) is 2.93. The summed E-state index contributed by atoms with van der Waals surface area (Å²) >= 11 is 0. The predicted octanol–water partition coefficient (Wildman–Crippen LogP) is 2.66. The van der Waals surface area contributed by atoms with Crippen LogP contribution in [-0.4, -0.2) is 18.1 Å². The molecule has 84 valence electrons. The first kappa shape index (κ1) is 10.7. The largest absolute Gasteiger partial charge is 0.397 e. The van der Waals surface area contributed by atoms with E-state index >= 15 is 0 Å². The van der Waals surface area contributed by atoms with E-state index in [1.807, 2.05) is 24.4 Å². The first-order chi connectivity index (χ1) is 7.61. The van der Waals surface area contributed by atoms with Gasteiger partial charge in [0.2, 0.25) is 0 Å². The van der Waals surface area contributed by atoms with E-state index < -0.39 is 0 Å². The second-order valence-electron chi connectivity index (χ2n) is 4.28. The maximum Gasteiger partial charge on any atom is 0.0951 e. The third kappa shape index (κ3) is 1.69. The predicted molar refractivity (Wildman–Crippen MR) is 69.7 cm³/mol. The molecule has 2 N–H and O–H groups in total. The van der Waals surface area contributed by atoms with E-state index in [4.69, 9.17) is 5.73 Å². The van der Waals surface area contributed by atoms with Crippen LogP contribution in [0.15, 0.2) is 30.5 Å². The molecule has 2 aromatic rings. The van der Waals surface area contributed by atoms with Gasteiger partial charge in [-0.15, -0.1) is 0 Å². The Morgan fingerprint density at radius 3 is 2.69 bits per heavy atom. The second kappa shape index (κ2) is 4.00. The van der Waals surface area contributed by atoms with E-state index in [1.165, 1.54) is 5.69 Å². The van der Waals surface area contributed by atoms with Crippen LogP contribution in [0.2, 0.25) is 0 Å². The first-order valence-electron chi connectivity index (χ1n) is 5.47. The van der Waals surface area contributed by atoms with Gasteiger partial charge < -0.3 is 10.6 Å². The zero-order chi connectivity index (χ0) is 11.7. The number of pyridine rings is 1. The van der Waals surface area contributed by atoms with Gasteiger partial charge in [-0.1, -0.05) is 12.1 Å². The van der Waals surface area contributed by atoms with Crippen molar-refractivity contribution in [2.45, 2.75) is 19.9 Å². The Hall–Kier alpha value is -1.77. The lowest BCUT2D eigenvalue weighted by atomic mass is 10.1. The molecule has 0 spiro atoms. The quantitative estimate of drug-likeness (QED) is 0.783. The van der Waals surface area contributed by atoms with Gasteiger partial charge in [-0.05, 0) is 26.0 Å². The van der Waals surface area contributed by atoms with Crippen molar-refractivity contribution in [1.82, 2.24) is 4.98 Å². The topological polar surface area (TPSA) is 42.2 Å². The molecule has 3 heteroatoms. The molecule has 0 radical (unpaired) electrons. The molecule has 3 nitrogen and oxygen atoms in total. The summed E-state index contributed by atoms with van der Waals surface area (Å²) < 4.78 is 0. The first-order valence-corrected chi connectivity index (χ1v) is 5.47. The van der Waals surface area contributed by atoms with Crippen molar-refractivity contribution in [3.63, 3.8) is 0 Å². The van der Waals surface area contributed by atoms with Crippen molar-refractivity contribution in [1.29, 1.82) is 0 Å². The highest BCUT2D eigenvalue weighted by Crippen LogP contribution is 2.28. The average Bonchev–Trinajstić information content (AvgIpc) is 2.28. The monoisotopic (exact) mass is 215 g/mol. The maximum atomic E-state index is 5.92. The average molecular weight is 215 g/mol. The molecule has 2 rings (SSSR count). The number of nitrogens with zero attached hydrogens (tertiary/aromatic N) is 2. The van der Waals surface area contributed by atoms with Gasteiger partial charge in [-0.25, -0.2) is 0 Å². The lowest BCUT2D eigenvalue weighted by Gasteiger charge is -2.25. The number of hydrogen-bond donors (Lipinski definition) is 1. The third-order valence-electron chi connectivity index (χ3n) is 2.93. The number of anilines is 2. The number of hydrogen-bond acceptors (Lipinski definition) is 3. The van der Waals surface area contributed by atoms with E-state index in [1.54, 1.807) is 0 Å². The Labute approximate surface area is 95.9 Å². The number of nitrogens with two attached hydrogens (primary N) is 1. The van der Waals surface area contributed by atoms with E-state index in [0.29, 0.717) is 6.04 Å². The summed E-state index contributed by atoms with van der Waals surface area (Å²) in [6, 6.07) is 8.40.